The summed E-state index contributed by atoms with van der Waals surface area (Å²) in [6.07, 6.45) is 0. The van der Waals surface area contributed by atoms with Crippen LogP contribution in [-0.4, -0.2) is 22.1 Å². The molecule has 0 saturated carbocycles. The van der Waals surface area contributed by atoms with Crippen molar-refractivity contribution in [2.75, 3.05) is 7.05 Å². The van der Waals surface area contributed by atoms with Crippen LogP contribution in [0.15, 0.2) is 22.7 Å². The Kier molecular flexibility index (Phi) is 4.65. The highest BCUT2D eigenvalue weighted by atomic mass is 79.9. The fraction of sp³-hybridized carbons (Fsp3) is 0.385. The summed E-state index contributed by atoms with van der Waals surface area (Å²) in [5.41, 5.74) is 0.926. The average molecular weight is 344 g/mol. The van der Waals surface area contributed by atoms with Gasteiger partial charge in [0.25, 0.3) is 0 Å². The molecule has 19 heavy (non-hydrogen) atoms. The van der Waals surface area contributed by atoms with Gasteiger partial charge in [0.05, 0.1) is 6.04 Å². The largest absolute Gasteiger partial charge is 0.293 e. The van der Waals surface area contributed by atoms with Crippen LogP contribution < -0.4 is 0 Å². The number of benzene rings is 1. The van der Waals surface area contributed by atoms with E-state index in [1.54, 1.807) is 23.5 Å². The lowest BCUT2D eigenvalue weighted by molar-refractivity contribution is 0.251. The summed E-state index contributed by atoms with van der Waals surface area (Å²) < 4.78 is 14.2. The van der Waals surface area contributed by atoms with E-state index in [4.69, 9.17) is 0 Å². The van der Waals surface area contributed by atoms with Gasteiger partial charge in [-0.25, -0.2) is 4.39 Å². The van der Waals surface area contributed by atoms with Gasteiger partial charge in [0.1, 0.15) is 15.8 Å². The van der Waals surface area contributed by atoms with Gasteiger partial charge in [0, 0.05) is 11.0 Å². The highest BCUT2D eigenvalue weighted by Gasteiger charge is 2.17. The van der Waals surface area contributed by atoms with E-state index in [2.05, 4.69) is 38.0 Å². The lowest BCUT2D eigenvalue weighted by Crippen LogP contribution is -2.22. The third-order valence-electron chi connectivity index (χ3n) is 2.99. The number of aromatic nitrogens is 2. The topological polar surface area (TPSA) is 29.0 Å². The molecular weight excluding hydrogens is 329 g/mol. The molecule has 0 N–H and O–H groups in total. The SMILES string of the molecule is Cc1nnc([C@H](C)N(C)Cc2cc(F)ccc2Br)s1. The molecule has 2 rings (SSSR count). The van der Waals surface area contributed by atoms with E-state index in [9.17, 15) is 4.39 Å². The van der Waals surface area contributed by atoms with Crippen molar-refractivity contribution in [1.82, 2.24) is 15.1 Å². The molecule has 0 radical (unpaired) electrons. The van der Waals surface area contributed by atoms with Crippen LogP contribution in [0.1, 0.15) is 28.5 Å². The number of halogens is 2. The molecule has 0 unspecified atom stereocenters. The fourth-order valence-corrected chi connectivity index (χ4v) is 2.93. The molecule has 0 aliphatic rings. The van der Waals surface area contributed by atoms with Crippen molar-refractivity contribution in [3.8, 4) is 0 Å². The molecule has 2 aromatic rings. The Labute approximate surface area is 124 Å². The number of aryl methyl sites for hydroxylation is 1. The maximum Gasteiger partial charge on any atom is 0.134 e. The van der Waals surface area contributed by atoms with Crippen LogP contribution in [0.2, 0.25) is 0 Å². The van der Waals surface area contributed by atoms with Crippen molar-refractivity contribution >= 4 is 27.3 Å². The minimum atomic E-state index is -0.217. The van der Waals surface area contributed by atoms with E-state index in [-0.39, 0.29) is 11.9 Å². The van der Waals surface area contributed by atoms with Crippen LogP contribution in [0.25, 0.3) is 0 Å². The zero-order chi connectivity index (χ0) is 14.0. The van der Waals surface area contributed by atoms with Crippen LogP contribution in [0, 0.1) is 12.7 Å². The second-order valence-corrected chi connectivity index (χ2v) is 6.55. The second kappa shape index (κ2) is 6.07. The van der Waals surface area contributed by atoms with E-state index >= 15 is 0 Å². The Bertz CT molecular complexity index is 573. The van der Waals surface area contributed by atoms with Gasteiger partial charge in [0.15, 0.2) is 0 Å². The first-order chi connectivity index (χ1) is 8.97. The second-order valence-electron chi connectivity index (χ2n) is 4.49. The molecule has 6 heteroatoms. The molecule has 0 aliphatic heterocycles. The molecule has 0 bridgehead atoms. The zero-order valence-electron chi connectivity index (χ0n) is 11.0. The molecule has 0 spiro atoms. The standard InChI is InChI=1S/C13H15BrFN3S/c1-8(13-17-16-9(2)19-13)18(3)7-10-6-11(15)4-5-12(10)14/h4-6,8H,7H2,1-3H3/t8-/m0/s1. The van der Waals surface area contributed by atoms with Gasteiger partial charge in [-0.05, 0) is 44.7 Å². The van der Waals surface area contributed by atoms with E-state index in [0.29, 0.717) is 6.54 Å². The summed E-state index contributed by atoms with van der Waals surface area (Å²) in [6.45, 7) is 4.67. The minimum Gasteiger partial charge on any atom is -0.293 e. The smallest absolute Gasteiger partial charge is 0.134 e. The fourth-order valence-electron chi connectivity index (χ4n) is 1.74. The van der Waals surface area contributed by atoms with Crippen LogP contribution in [-0.2, 0) is 6.54 Å². The quantitative estimate of drug-likeness (QED) is 0.841. The summed E-state index contributed by atoms with van der Waals surface area (Å²) in [7, 11) is 2.00. The lowest BCUT2D eigenvalue weighted by Gasteiger charge is -2.23. The first-order valence-corrected chi connectivity index (χ1v) is 7.52. The Morgan fingerprint density at radius 1 is 1.42 bits per heavy atom. The number of nitrogens with zero attached hydrogens (tertiary/aromatic N) is 3. The van der Waals surface area contributed by atoms with Crippen molar-refractivity contribution < 1.29 is 4.39 Å². The summed E-state index contributed by atoms with van der Waals surface area (Å²) in [5, 5.41) is 10.1. The minimum absolute atomic E-state index is 0.154. The van der Waals surface area contributed by atoms with Gasteiger partial charge in [-0.15, -0.1) is 21.5 Å². The van der Waals surface area contributed by atoms with Crippen molar-refractivity contribution in [1.29, 1.82) is 0 Å². The summed E-state index contributed by atoms with van der Waals surface area (Å²) >= 11 is 5.04. The molecule has 102 valence electrons. The van der Waals surface area contributed by atoms with E-state index in [1.165, 1.54) is 6.07 Å². The Balaban J connectivity index is 2.12. The molecule has 0 aliphatic carbocycles. The molecular formula is C13H15BrFN3S. The predicted octanol–water partition coefficient (Wildman–Crippen LogP) is 3.94. The van der Waals surface area contributed by atoms with Crippen LogP contribution in [0.3, 0.4) is 0 Å². The van der Waals surface area contributed by atoms with E-state index in [0.717, 1.165) is 20.1 Å². The summed E-state index contributed by atoms with van der Waals surface area (Å²) in [4.78, 5) is 2.12. The number of hydrogen-bond donors (Lipinski definition) is 0. The maximum absolute atomic E-state index is 13.3. The molecule has 3 nitrogen and oxygen atoms in total. The molecule has 1 aromatic heterocycles. The van der Waals surface area contributed by atoms with Gasteiger partial charge in [-0.1, -0.05) is 15.9 Å². The average Bonchev–Trinajstić information content (AvgIpc) is 2.79. The highest BCUT2D eigenvalue weighted by Crippen LogP contribution is 2.26. The van der Waals surface area contributed by atoms with Crippen molar-refractivity contribution in [2.24, 2.45) is 0 Å². The molecule has 1 heterocycles. The van der Waals surface area contributed by atoms with Crippen LogP contribution in [0.4, 0.5) is 4.39 Å². The van der Waals surface area contributed by atoms with Gasteiger partial charge in [0.2, 0.25) is 0 Å². The third-order valence-corrected chi connectivity index (χ3v) is 4.77. The molecule has 1 atom stereocenters. The zero-order valence-corrected chi connectivity index (χ0v) is 13.4. The van der Waals surface area contributed by atoms with Crippen molar-refractivity contribution in [3.05, 3.63) is 44.1 Å². The summed E-state index contributed by atoms with van der Waals surface area (Å²) in [5.74, 6) is -0.217. The Morgan fingerprint density at radius 3 is 2.79 bits per heavy atom. The van der Waals surface area contributed by atoms with E-state index in [1.807, 2.05) is 14.0 Å². The summed E-state index contributed by atoms with van der Waals surface area (Å²) in [6, 6.07) is 4.89. The molecule has 1 aromatic carbocycles. The molecule has 0 fully saturated rings. The number of rotatable bonds is 4. The van der Waals surface area contributed by atoms with Gasteiger partial charge >= 0.3 is 0 Å². The lowest BCUT2D eigenvalue weighted by atomic mass is 10.2. The van der Waals surface area contributed by atoms with Gasteiger partial charge in [-0.2, -0.15) is 0 Å². The van der Waals surface area contributed by atoms with E-state index < -0.39 is 0 Å². The first kappa shape index (κ1) is 14.6. The first-order valence-electron chi connectivity index (χ1n) is 5.91. The Hall–Kier alpha value is -0.850. The molecule has 0 saturated heterocycles. The van der Waals surface area contributed by atoms with Crippen molar-refractivity contribution in [3.63, 3.8) is 0 Å². The van der Waals surface area contributed by atoms with Crippen LogP contribution in [0.5, 0.6) is 0 Å². The normalized spacial score (nSPS) is 12.9. The Morgan fingerprint density at radius 2 is 2.16 bits per heavy atom. The van der Waals surface area contributed by atoms with Crippen LogP contribution >= 0.6 is 27.3 Å². The van der Waals surface area contributed by atoms with Gasteiger partial charge in [-0.3, -0.25) is 4.90 Å². The monoisotopic (exact) mass is 343 g/mol. The van der Waals surface area contributed by atoms with Crippen molar-refractivity contribution in [2.45, 2.75) is 26.4 Å². The molecule has 0 amide bonds. The number of hydrogen-bond acceptors (Lipinski definition) is 4. The van der Waals surface area contributed by atoms with Gasteiger partial charge < -0.3 is 0 Å². The maximum atomic E-state index is 13.3. The highest BCUT2D eigenvalue weighted by molar-refractivity contribution is 9.10. The predicted molar refractivity (Wildman–Crippen MR) is 78.6 cm³/mol. The third kappa shape index (κ3) is 3.58.